The van der Waals surface area contributed by atoms with E-state index < -0.39 is 0 Å². The molecule has 1 aromatic heterocycles. The summed E-state index contributed by atoms with van der Waals surface area (Å²) in [7, 11) is 1.37. The molecule has 7 heteroatoms. The molecule has 2 heterocycles. The molecule has 0 atom stereocenters. The monoisotopic (exact) mass is 238 g/mol. The molecular formula is C10H14N4O3. The normalized spacial score (nSPS) is 15.8. The van der Waals surface area contributed by atoms with E-state index in [1.54, 1.807) is 4.90 Å². The van der Waals surface area contributed by atoms with Crippen LogP contribution in [0.5, 0.6) is 5.75 Å². The fraction of sp³-hybridized carbons (Fsp3) is 0.500. The summed E-state index contributed by atoms with van der Waals surface area (Å²) in [5, 5.41) is 9.09. The van der Waals surface area contributed by atoms with Gasteiger partial charge in [-0.25, -0.2) is 14.8 Å². The van der Waals surface area contributed by atoms with Crippen molar-refractivity contribution in [2.75, 3.05) is 38.2 Å². The van der Waals surface area contributed by atoms with Crippen LogP contribution in [0.2, 0.25) is 0 Å². The number of aromatic hydroxyl groups is 1. The molecule has 1 fully saturated rings. The van der Waals surface area contributed by atoms with Gasteiger partial charge < -0.3 is 19.6 Å². The molecule has 7 nitrogen and oxygen atoms in total. The Morgan fingerprint density at radius 2 is 1.88 bits per heavy atom. The van der Waals surface area contributed by atoms with E-state index >= 15 is 0 Å². The van der Waals surface area contributed by atoms with E-state index in [9.17, 15) is 4.79 Å². The van der Waals surface area contributed by atoms with E-state index in [2.05, 4.69) is 14.7 Å². The van der Waals surface area contributed by atoms with Crippen molar-refractivity contribution in [3.63, 3.8) is 0 Å². The van der Waals surface area contributed by atoms with Crippen molar-refractivity contribution in [2.45, 2.75) is 0 Å². The van der Waals surface area contributed by atoms with Gasteiger partial charge in [-0.15, -0.1) is 0 Å². The standard InChI is InChI=1S/C10H14N4O3/c1-17-10(16)14-4-2-13(3-5-14)9-11-6-8(15)7-12-9/h6-7,15H,2-5H2,1H3. The molecule has 92 valence electrons. The third-order valence-electron chi connectivity index (χ3n) is 2.62. The fourth-order valence-electron chi connectivity index (χ4n) is 1.70. The quantitative estimate of drug-likeness (QED) is 0.746. The summed E-state index contributed by atoms with van der Waals surface area (Å²) in [4.78, 5) is 22.9. The maximum atomic E-state index is 11.3. The second-order valence-electron chi connectivity index (χ2n) is 3.69. The highest BCUT2D eigenvalue weighted by Crippen LogP contribution is 2.13. The summed E-state index contributed by atoms with van der Waals surface area (Å²) < 4.78 is 4.65. The number of amides is 1. The highest BCUT2D eigenvalue weighted by Gasteiger charge is 2.22. The average molecular weight is 238 g/mol. The van der Waals surface area contributed by atoms with Crippen LogP contribution in [0.3, 0.4) is 0 Å². The number of methoxy groups -OCH3 is 1. The number of carbonyl (C=O) groups is 1. The second-order valence-corrected chi connectivity index (χ2v) is 3.69. The Kier molecular flexibility index (Phi) is 3.27. The van der Waals surface area contributed by atoms with Crippen LogP contribution >= 0.6 is 0 Å². The summed E-state index contributed by atoms with van der Waals surface area (Å²) in [6, 6.07) is 0. The van der Waals surface area contributed by atoms with Gasteiger partial charge in [0.25, 0.3) is 0 Å². The minimum Gasteiger partial charge on any atom is -0.505 e. The van der Waals surface area contributed by atoms with E-state index in [4.69, 9.17) is 5.11 Å². The highest BCUT2D eigenvalue weighted by atomic mass is 16.5. The maximum absolute atomic E-state index is 11.3. The summed E-state index contributed by atoms with van der Waals surface area (Å²) >= 11 is 0. The fourth-order valence-corrected chi connectivity index (χ4v) is 1.70. The lowest BCUT2D eigenvalue weighted by Gasteiger charge is -2.33. The smallest absolute Gasteiger partial charge is 0.409 e. The number of piperazine rings is 1. The van der Waals surface area contributed by atoms with Crippen LogP contribution in [0.4, 0.5) is 10.7 Å². The molecule has 0 spiro atoms. The van der Waals surface area contributed by atoms with Gasteiger partial charge in [-0.3, -0.25) is 0 Å². The van der Waals surface area contributed by atoms with Gasteiger partial charge in [0, 0.05) is 26.2 Å². The summed E-state index contributed by atoms with van der Waals surface area (Å²) in [5.74, 6) is 0.606. The molecular weight excluding hydrogens is 224 g/mol. The Morgan fingerprint density at radius 3 is 2.41 bits per heavy atom. The summed E-state index contributed by atoms with van der Waals surface area (Å²) in [5.41, 5.74) is 0. The van der Waals surface area contributed by atoms with E-state index in [1.807, 2.05) is 4.90 Å². The van der Waals surface area contributed by atoms with Crippen molar-refractivity contribution < 1.29 is 14.6 Å². The van der Waals surface area contributed by atoms with Crippen molar-refractivity contribution >= 4 is 12.0 Å². The third-order valence-corrected chi connectivity index (χ3v) is 2.62. The molecule has 1 aliphatic heterocycles. The topological polar surface area (TPSA) is 78.8 Å². The number of anilines is 1. The van der Waals surface area contributed by atoms with E-state index in [0.29, 0.717) is 32.1 Å². The maximum Gasteiger partial charge on any atom is 0.409 e. The van der Waals surface area contributed by atoms with Gasteiger partial charge in [-0.1, -0.05) is 0 Å². The lowest BCUT2D eigenvalue weighted by atomic mass is 10.3. The van der Waals surface area contributed by atoms with Gasteiger partial charge in [-0.2, -0.15) is 0 Å². The Hall–Kier alpha value is -2.05. The van der Waals surface area contributed by atoms with Crippen LogP contribution in [-0.4, -0.2) is 59.4 Å². The van der Waals surface area contributed by atoms with E-state index in [-0.39, 0.29) is 11.8 Å². The van der Waals surface area contributed by atoms with E-state index in [1.165, 1.54) is 19.5 Å². The van der Waals surface area contributed by atoms with Crippen molar-refractivity contribution in [1.29, 1.82) is 0 Å². The molecule has 1 N–H and O–H groups in total. The predicted octanol–water partition coefficient (Wildman–Crippen LogP) is 0.0706. The molecule has 1 saturated heterocycles. The summed E-state index contributed by atoms with van der Waals surface area (Å²) in [6.45, 7) is 2.47. The highest BCUT2D eigenvalue weighted by molar-refractivity contribution is 5.67. The molecule has 0 aliphatic carbocycles. The first-order valence-electron chi connectivity index (χ1n) is 5.29. The number of rotatable bonds is 1. The minimum absolute atomic E-state index is 0.0435. The zero-order chi connectivity index (χ0) is 12.3. The van der Waals surface area contributed by atoms with Gasteiger partial charge in [0.1, 0.15) is 0 Å². The van der Waals surface area contributed by atoms with Gasteiger partial charge in [0.15, 0.2) is 5.75 Å². The van der Waals surface area contributed by atoms with Crippen molar-refractivity contribution in [2.24, 2.45) is 0 Å². The van der Waals surface area contributed by atoms with Gasteiger partial charge in [-0.05, 0) is 0 Å². The molecule has 0 aromatic carbocycles. The number of hydrogen-bond acceptors (Lipinski definition) is 6. The van der Waals surface area contributed by atoms with E-state index in [0.717, 1.165) is 0 Å². The number of carbonyl (C=O) groups excluding carboxylic acids is 1. The first-order valence-corrected chi connectivity index (χ1v) is 5.29. The Morgan fingerprint density at radius 1 is 1.29 bits per heavy atom. The van der Waals surface area contributed by atoms with Gasteiger partial charge in [0.2, 0.25) is 5.95 Å². The van der Waals surface area contributed by atoms with Crippen LogP contribution < -0.4 is 4.90 Å². The molecule has 1 aliphatic rings. The second kappa shape index (κ2) is 4.86. The van der Waals surface area contributed by atoms with Gasteiger partial charge in [0.05, 0.1) is 19.5 Å². The van der Waals surface area contributed by atoms with Crippen LogP contribution in [0, 0.1) is 0 Å². The SMILES string of the molecule is COC(=O)N1CCN(c2ncc(O)cn2)CC1. The molecule has 0 unspecified atom stereocenters. The Balaban J connectivity index is 1.95. The third kappa shape index (κ3) is 2.55. The number of nitrogens with zero attached hydrogens (tertiary/aromatic N) is 4. The van der Waals surface area contributed by atoms with Crippen molar-refractivity contribution in [3.8, 4) is 5.75 Å². The largest absolute Gasteiger partial charge is 0.505 e. The Bertz CT molecular complexity index is 387. The lowest BCUT2D eigenvalue weighted by Crippen LogP contribution is -2.49. The van der Waals surface area contributed by atoms with Crippen LogP contribution in [0.15, 0.2) is 12.4 Å². The van der Waals surface area contributed by atoms with Crippen molar-refractivity contribution in [3.05, 3.63) is 12.4 Å². The Labute approximate surface area is 98.6 Å². The van der Waals surface area contributed by atoms with Crippen LogP contribution in [0.1, 0.15) is 0 Å². The molecule has 17 heavy (non-hydrogen) atoms. The average Bonchev–Trinajstić information content (AvgIpc) is 2.39. The first-order chi connectivity index (χ1) is 8.20. The molecule has 1 aromatic rings. The predicted molar refractivity (Wildman–Crippen MR) is 59.9 cm³/mol. The number of aromatic nitrogens is 2. The molecule has 2 rings (SSSR count). The molecule has 0 saturated carbocycles. The molecule has 1 amide bonds. The van der Waals surface area contributed by atoms with Crippen LogP contribution in [0.25, 0.3) is 0 Å². The van der Waals surface area contributed by atoms with Crippen molar-refractivity contribution in [1.82, 2.24) is 14.9 Å². The van der Waals surface area contributed by atoms with Gasteiger partial charge >= 0.3 is 6.09 Å². The zero-order valence-corrected chi connectivity index (χ0v) is 9.54. The first kappa shape index (κ1) is 11.4. The van der Waals surface area contributed by atoms with Crippen LogP contribution in [-0.2, 0) is 4.74 Å². The molecule has 0 radical (unpaired) electrons. The zero-order valence-electron chi connectivity index (χ0n) is 9.54. The summed E-state index contributed by atoms with van der Waals surface area (Å²) in [6.07, 6.45) is 2.40. The minimum atomic E-state index is -0.309. The lowest BCUT2D eigenvalue weighted by molar-refractivity contribution is 0.121. The number of hydrogen-bond donors (Lipinski definition) is 1. The molecule has 0 bridgehead atoms. The number of ether oxygens (including phenoxy) is 1.